The Bertz CT molecular complexity index is 1120. The number of nitrogens with zero attached hydrogens (tertiary/aromatic N) is 5. The topological polar surface area (TPSA) is 70.1 Å². The van der Waals surface area contributed by atoms with Gasteiger partial charge in [-0.2, -0.15) is 0 Å². The summed E-state index contributed by atoms with van der Waals surface area (Å²) < 4.78 is 2.01. The van der Waals surface area contributed by atoms with Crippen LogP contribution < -0.4 is 4.90 Å². The van der Waals surface area contributed by atoms with Gasteiger partial charge in [0.1, 0.15) is 5.69 Å². The van der Waals surface area contributed by atoms with Crippen molar-refractivity contribution in [3.05, 3.63) is 78.4 Å². The zero-order chi connectivity index (χ0) is 20.3. The number of imidazole rings is 1. The van der Waals surface area contributed by atoms with E-state index in [1.54, 1.807) is 12.4 Å². The lowest BCUT2D eigenvalue weighted by molar-refractivity contribution is 0.0756. The molecule has 0 atom stereocenters. The van der Waals surface area contributed by atoms with E-state index in [0.29, 0.717) is 13.1 Å². The monoisotopic (exact) mass is 400 g/mol. The van der Waals surface area contributed by atoms with Gasteiger partial charge in [-0.25, -0.2) is 4.98 Å². The summed E-state index contributed by atoms with van der Waals surface area (Å²) in [6.45, 7) is 3.72. The predicted octanol–water partition coefficient (Wildman–Crippen LogP) is 3.16. The Morgan fingerprint density at radius 1 is 0.967 bits per heavy atom. The van der Waals surface area contributed by atoms with Crippen molar-refractivity contribution in [2.24, 2.45) is 0 Å². The summed E-state index contributed by atoms with van der Waals surface area (Å²) in [6.07, 6.45) is 6.43. The van der Waals surface area contributed by atoms with Gasteiger partial charge in [0.05, 0.1) is 11.0 Å². The lowest BCUT2D eigenvalue weighted by atomic mass is 10.2. The third-order valence-electron chi connectivity index (χ3n) is 5.61. The van der Waals surface area contributed by atoms with Gasteiger partial charge in [-0.15, -0.1) is 0 Å². The minimum atomic E-state index is 0.0838. The third-order valence-corrected chi connectivity index (χ3v) is 5.61. The number of anilines is 1. The van der Waals surface area contributed by atoms with Gasteiger partial charge >= 0.3 is 0 Å². The van der Waals surface area contributed by atoms with Gasteiger partial charge < -0.3 is 19.4 Å². The van der Waals surface area contributed by atoms with Crippen LogP contribution in [0.3, 0.4) is 0 Å². The molecule has 0 spiro atoms. The lowest BCUT2D eigenvalue weighted by Gasteiger charge is -2.22. The number of pyridine rings is 1. The fraction of sp³-hybridized carbons (Fsp3) is 0.261. The number of aromatic amines is 1. The van der Waals surface area contributed by atoms with Crippen LogP contribution in [0.1, 0.15) is 22.5 Å². The average molecular weight is 400 g/mol. The molecule has 0 bridgehead atoms. The zero-order valence-corrected chi connectivity index (χ0v) is 16.7. The Hall–Kier alpha value is -3.61. The van der Waals surface area contributed by atoms with Crippen LogP contribution in [0.25, 0.3) is 11.0 Å². The van der Waals surface area contributed by atoms with Crippen molar-refractivity contribution < 1.29 is 4.79 Å². The van der Waals surface area contributed by atoms with Gasteiger partial charge in [-0.3, -0.25) is 9.78 Å². The minimum Gasteiger partial charge on any atom is -0.341 e. The zero-order valence-electron chi connectivity index (χ0n) is 16.7. The molecule has 30 heavy (non-hydrogen) atoms. The molecule has 0 radical (unpaired) electrons. The van der Waals surface area contributed by atoms with Gasteiger partial charge in [-0.1, -0.05) is 12.1 Å². The maximum Gasteiger partial charge on any atom is 0.270 e. The number of benzene rings is 1. The standard InChI is InChI=1S/C23H24N6O/c30-22(21-7-3-12-29(21)17-18-8-10-24-11-9-18)27-13-4-14-28(16-15-27)23-25-19-5-1-2-6-20(19)26-23/h1-3,5-12H,4,13-17H2,(H,25,26). The molecule has 1 fully saturated rings. The largest absolute Gasteiger partial charge is 0.341 e. The average Bonchev–Trinajstić information content (AvgIpc) is 3.34. The molecule has 1 aliphatic rings. The number of nitrogens with one attached hydrogen (secondary N) is 1. The maximum absolute atomic E-state index is 13.3. The van der Waals surface area contributed by atoms with E-state index in [0.717, 1.165) is 54.3 Å². The van der Waals surface area contributed by atoms with E-state index in [-0.39, 0.29) is 5.91 Å². The first-order valence-corrected chi connectivity index (χ1v) is 10.3. The molecule has 1 aliphatic heterocycles. The number of rotatable bonds is 4. The molecule has 1 amide bonds. The first-order chi connectivity index (χ1) is 14.8. The first-order valence-electron chi connectivity index (χ1n) is 10.3. The summed E-state index contributed by atoms with van der Waals surface area (Å²) >= 11 is 0. The second kappa shape index (κ2) is 8.02. The van der Waals surface area contributed by atoms with Crippen LogP contribution in [-0.4, -0.2) is 56.5 Å². The van der Waals surface area contributed by atoms with Gasteiger partial charge in [0.2, 0.25) is 5.95 Å². The van der Waals surface area contributed by atoms with Crippen LogP contribution in [0.5, 0.6) is 0 Å². The van der Waals surface area contributed by atoms with Crippen molar-refractivity contribution in [1.29, 1.82) is 0 Å². The fourth-order valence-electron chi connectivity index (χ4n) is 4.01. The number of carbonyl (C=O) groups excluding carboxylic acids is 1. The van der Waals surface area contributed by atoms with Crippen molar-refractivity contribution in [3.63, 3.8) is 0 Å². The van der Waals surface area contributed by atoms with Gasteiger partial charge in [0, 0.05) is 51.3 Å². The molecule has 3 aromatic heterocycles. The number of amides is 1. The first kappa shape index (κ1) is 18.4. The summed E-state index contributed by atoms with van der Waals surface area (Å²) in [6, 6.07) is 15.9. The molecule has 0 unspecified atom stereocenters. The van der Waals surface area contributed by atoms with E-state index in [9.17, 15) is 4.79 Å². The van der Waals surface area contributed by atoms with Gasteiger partial charge in [0.15, 0.2) is 0 Å². The Balaban J connectivity index is 1.29. The van der Waals surface area contributed by atoms with E-state index in [1.807, 2.05) is 64.2 Å². The smallest absolute Gasteiger partial charge is 0.270 e. The number of hydrogen-bond acceptors (Lipinski definition) is 4. The molecular weight excluding hydrogens is 376 g/mol. The van der Waals surface area contributed by atoms with E-state index in [4.69, 9.17) is 4.98 Å². The van der Waals surface area contributed by atoms with Crippen molar-refractivity contribution >= 4 is 22.9 Å². The minimum absolute atomic E-state index is 0.0838. The van der Waals surface area contributed by atoms with Gasteiger partial charge in [0.25, 0.3) is 5.91 Å². The Morgan fingerprint density at radius 2 is 1.83 bits per heavy atom. The SMILES string of the molecule is O=C(c1cccn1Cc1ccncc1)N1CCCN(c2nc3ccccc3[nH]2)CC1. The fourth-order valence-corrected chi connectivity index (χ4v) is 4.01. The van der Waals surface area contributed by atoms with Crippen molar-refractivity contribution in [2.45, 2.75) is 13.0 Å². The molecule has 7 heteroatoms. The lowest BCUT2D eigenvalue weighted by Crippen LogP contribution is -2.36. The summed E-state index contributed by atoms with van der Waals surface area (Å²) in [5.74, 6) is 0.965. The number of para-hydroxylation sites is 2. The molecule has 0 aliphatic carbocycles. The summed E-state index contributed by atoms with van der Waals surface area (Å²) in [5, 5.41) is 0. The number of hydrogen-bond donors (Lipinski definition) is 1. The molecule has 1 aromatic carbocycles. The Labute approximate surface area is 175 Å². The van der Waals surface area contributed by atoms with Crippen LogP contribution in [0, 0.1) is 0 Å². The Kier molecular flexibility index (Phi) is 4.93. The molecule has 152 valence electrons. The molecule has 7 nitrogen and oxygen atoms in total. The molecule has 1 N–H and O–H groups in total. The van der Waals surface area contributed by atoms with Crippen LogP contribution in [0.2, 0.25) is 0 Å². The van der Waals surface area contributed by atoms with Crippen molar-refractivity contribution in [1.82, 2.24) is 24.4 Å². The van der Waals surface area contributed by atoms with Crippen LogP contribution in [0.15, 0.2) is 67.1 Å². The second-order valence-electron chi connectivity index (χ2n) is 7.59. The molecule has 1 saturated heterocycles. The second-order valence-corrected chi connectivity index (χ2v) is 7.59. The molecule has 4 heterocycles. The quantitative estimate of drug-likeness (QED) is 0.571. The van der Waals surface area contributed by atoms with Gasteiger partial charge in [-0.05, 0) is 48.4 Å². The van der Waals surface area contributed by atoms with Crippen LogP contribution >= 0.6 is 0 Å². The van der Waals surface area contributed by atoms with Crippen LogP contribution in [-0.2, 0) is 6.54 Å². The number of H-pyrrole nitrogens is 1. The van der Waals surface area contributed by atoms with Crippen molar-refractivity contribution in [3.8, 4) is 0 Å². The predicted molar refractivity (Wildman–Crippen MR) is 117 cm³/mol. The Morgan fingerprint density at radius 3 is 2.70 bits per heavy atom. The molecule has 5 rings (SSSR count). The molecular formula is C23H24N6O. The molecule has 0 saturated carbocycles. The highest BCUT2D eigenvalue weighted by Gasteiger charge is 2.23. The van der Waals surface area contributed by atoms with E-state index < -0.39 is 0 Å². The van der Waals surface area contributed by atoms with E-state index in [2.05, 4.69) is 14.9 Å². The highest BCUT2D eigenvalue weighted by molar-refractivity contribution is 5.93. The number of carbonyl (C=O) groups is 1. The van der Waals surface area contributed by atoms with E-state index >= 15 is 0 Å². The third kappa shape index (κ3) is 3.66. The summed E-state index contributed by atoms with van der Waals surface area (Å²) in [7, 11) is 0. The highest BCUT2D eigenvalue weighted by Crippen LogP contribution is 2.19. The summed E-state index contributed by atoms with van der Waals surface area (Å²) in [4.78, 5) is 29.6. The molecule has 4 aromatic rings. The normalized spacial score (nSPS) is 14.8. The number of fused-ring (bicyclic) bond motifs is 1. The number of aromatic nitrogens is 4. The van der Waals surface area contributed by atoms with Crippen molar-refractivity contribution in [2.75, 3.05) is 31.1 Å². The highest BCUT2D eigenvalue weighted by atomic mass is 16.2. The maximum atomic E-state index is 13.3. The summed E-state index contributed by atoms with van der Waals surface area (Å²) in [5.41, 5.74) is 3.86. The van der Waals surface area contributed by atoms with E-state index in [1.165, 1.54) is 0 Å². The van der Waals surface area contributed by atoms with Crippen LogP contribution in [0.4, 0.5) is 5.95 Å².